The Morgan fingerprint density at radius 2 is 1.83 bits per heavy atom. The second-order valence-corrected chi connectivity index (χ2v) is 8.29. The molecule has 0 radical (unpaired) electrons. The summed E-state index contributed by atoms with van der Waals surface area (Å²) in [7, 11) is 2.88. The van der Waals surface area contributed by atoms with Crippen molar-refractivity contribution in [2.45, 2.75) is 18.7 Å². The van der Waals surface area contributed by atoms with Gasteiger partial charge in [-0.05, 0) is 36.4 Å². The van der Waals surface area contributed by atoms with Crippen molar-refractivity contribution in [2.24, 2.45) is 5.10 Å². The Morgan fingerprint density at radius 3 is 2.63 bits per heavy atom. The Hall–Kier alpha value is -4.40. The normalized spacial score (nSPS) is 19.4. The largest absolute Gasteiger partial charge is 0.493 e. The molecule has 2 atom stereocenters. The molecule has 0 spiro atoms. The van der Waals surface area contributed by atoms with Gasteiger partial charge in [-0.2, -0.15) is 5.10 Å². The van der Waals surface area contributed by atoms with Crippen LogP contribution in [-0.4, -0.2) is 42.8 Å². The van der Waals surface area contributed by atoms with E-state index < -0.39 is 12.2 Å². The number of hydrazone groups is 1. The van der Waals surface area contributed by atoms with Crippen molar-refractivity contribution in [3.05, 3.63) is 76.9 Å². The van der Waals surface area contributed by atoms with Crippen LogP contribution >= 0.6 is 0 Å². The van der Waals surface area contributed by atoms with E-state index in [1.807, 2.05) is 47.5 Å². The van der Waals surface area contributed by atoms with Crippen LogP contribution in [0.4, 0.5) is 0 Å². The number of ether oxygens (including phenoxy) is 5. The number of hydrogen-bond acceptors (Lipinski definition) is 8. The van der Waals surface area contributed by atoms with Crippen molar-refractivity contribution in [1.82, 2.24) is 5.01 Å². The predicted octanol–water partition coefficient (Wildman–Crippen LogP) is 4.37. The lowest BCUT2D eigenvalue weighted by Crippen LogP contribution is -2.34. The van der Waals surface area contributed by atoms with Crippen molar-refractivity contribution >= 4 is 11.7 Å². The third-order valence-electron chi connectivity index (χ3n) is 6.46. The van der Waals surface area contributed by atoms with Crippen molar-refractivity contribution in [2.75, 3.05) is 21.0 Å². The minimum Gasteiger partial charge on any atom is -0.493 e. The van der Waals surface area contributed by atoms with Gasteiger partial charge in [-0.1, -0.05) is 18.2 Å². The molecular formula is C26H22N2O7. The van der Waals surface area contributed by atoms with Crippen LogP contribution in [0.5, 0.6) is 28.7 Å². The first-order chi connectivity index (χ1) is 17.1. The van der Waals surface area contributed by atoms with E-state index in [9.17, 15) is 9.90 Å². The summed E-state index contributed by atoms with van der Waals surface area (Å²) in [5, 5.41) is 16.9. The zero-order valence-corrected chi connectivity index (χ0v) is 19.1. The Kier molecular flexibility index (Phi) is 4.91. The van der Waals surface area contributed by atoms with Crippen molar-refractivity contribution in [3.63, 3.8) is 0 Å². The first kappa shape index (κ1) is 21.2. The second kappa shape index (κ2) is 8.12. The Labute approximate surface area is 201 Å². The fourth-order valence-electron chi connectivity index (χ4n) is 4.86. The van der Waals surface area contributed by atoms with Gasteiger partial charge in [0.05, 0.1) is 26.0 Å². The molecule has 0 fully saturated rings. The molecule has 35 heavy (non-hydrogen) atoms. The minimum absolute atomic E-state index is 0.0262. The summed E-state index contributed by atoms with van der Waals surface area (Å²) < 4.78 is 28.1. The van der Waals surface area contributed by atoms with Gasteiger partial charge in [0.25, 0.3) is 0 Å². The predicted molar refractivity (Wildman–Crippen MR) is 125 cm³/mol. The highest BCUT2D eigenvalue weighted by molar-refractivity contribution is 6.02. The Morgan fingerprint density at radius 1 is 1.00 bits per heavy atom. The minimum atomic E-state index is -1.14. The number of nitrogens with zero attached hydrogens (tertiary/aromatic N) is 2. The molecule has 9 heteroatoms. The molecule has 3 aliphatic rings. The first-order valence-corrected chi connectivity index (χ1v) is 11.1. The van der Waals surface area contributed by atoms with Gasteiger partial charge in [0.2, 0.25) is 13.0 Å². The number of carbonyl (C=O) groups is 1. The summed E-state index contributed by atoms with van der Waals surface area (Å²) in [6.07, 6.45) is -0.168. The number of carboxylic acids is 1. The van der Waals surface area contributed by atoms with Crippen LogP contribution in [0, 0.1) is 0 Å². The molecule has 9 nitrogen and oxygen atoms in total. The smallest absolute Gasteiger partial charge is 0.340 e. The quantitative estimate of drug-likeness (QED) is 0.582. The highest BCUT2D eigenvalue weighted by Crippen LogP contribution is 2.49. The summed E-state index contributed by atoms with van der Waals surface area (Å²) in [4.78, 5) is 12.4. The van der Waals surface area contributed by atoms with Gasteiger partial charge >= 0.3 is 5.97 Å². The molecule has 3 aromatic carbocycles. The van der Waals surface area contributed by atoms with E-state index in [4.69, 9.17) is 28.8 Å². The van der Waals surface area contributed by atoms with Gasteiger partial charge < -0.3 is 28.8 Å². The highest BCUT2D eigenvalue weighted by atomic mass is 16.7. The molecular weight excluding hydrogens is 452 g/mol. The number of benzene rings is 3. The average Bonchev–Trinajstić information content (AvgIpc) is 3.54. The van der Waals surface area contributed by atoms with Crippen molar-refractivity contribution < 1.29 is 33.6 Å². The van der Waals surface area contributed by atoms with Crippen LogP contribution in [-0.2, 0) is 0 Å². The van der Waals surface area contributed by atoms with E-state index in [1.165, 1.54) is 14.2 Å². The van der Waals surface area contributed by atoms with Crippen LogP contribution in [0.25, 0.3) is 0 Å². The van der Waals surface area contributed by atoms with E-state index in [0.29, 0.717) is 35.0 Å². The van der Waals surface area contributed by atoms with E-state index >= 15 is 0 Å². The molecule has 3 aliphatic heterocycles. The Bertz CT molecular complexity index is 1370. The van der Waals surface area contributed by atoms with Crippen molar-refractivity contribution in [1.29, 1.82) is 0 Å². The molecule has 3 aromatic rings. The zero-order valence-electron chi connectivity index (χ0n) is 19.1. The summed E-state index contributed by atoms with van der Waals surface area (Å²) >= 11 is 0. The summed E-state index contributed by atoms with van der Waals surface area (Å²) in [6.45, 7) is 0.195. The number of fused-ring (bicyclic) bond motifs is 4. The van der Waals surface area contributed by atoms with E-state index in [0.717, 1.165) is 16.8 Å². The summed E-state index contributed by atoms with van der Waals surface area (Å²) in [5.74, 6) is 1.38. The lowest BCUT2D eigenvalue weighted by Gasteiger charge is -2.38. The molecule has 3 heterocycles. The average molecular weight is 474 g/mol. The number of carboxylic acid groups (broad SMARTS) is 1. The molecule has 0 aliphatic carbocycles. The third-order valence-corrected chi connectivity index (χ3v) is 6.46. The first-order valence-electron chi connectivity index (χ1n) is 11.1. The van der Waals surface area contributed by atoms with Crippen LogP contribution in [0.15, 0.2) is 59.7 Å². The number of aromatic carboxylic acids is 1. The molecule has 0 unspecified atom stereocenters. The van der Waals surface area contributed by atoms with Gasteiger partial charge in [0, 0.05) is 23.1 Å². The maximum Gasteiger partial charge on any atom is 0.340 e. The van der Waals surface area contributed by atoms with Crippen LogP contribution in [0.3, 0.4) is 0 Å². The molecule has 178 valence electrons. The molecule has 0 aromatic heterocycles. The van der Waals surface area contributed by atoms with Crippen molar-refractivity contribution in [3.8, 4) is 28.7 Å². The fourth-order valence-corrected chi connectivity index (χ4v) is 4.86. The molecule has 0 amide bonds. The number of rotatable bonds is 5. The maximum atomic E-state index is 12.4. The monoisotopic (exact) mass is 474 g/mol. The number of hydrogen-bond donors (Lipinski definition) is 1. The SMILES string of the molecule is COc1ccc([C@@H]2Oc3ccccc3[C@@H]3CC(c4ccc5c(c4)OCO5)=NN32)c(C(=O)O)c1OC. The molecule has 0 saturated heterocycles. The van der Waals surface area contributed by atoms with E-state index in [-0.39, 0.29) is 24.1 Å². The molecule has 1 N–H and O–H groups in total. The lowest BCUT2D eigenvalue weighted by molar-refractivity contribution is -0.0199. The molecule has 6 rings (SSSR count). The maximum absolute atomic E-state index is 12.4. The lowest BCUT2D eigenvalue weighted by atomic mass is 9.95. The topological polar surface area (TPSA) is 99.1 Å². The summed E-state index contributed by atoms with van der Waals surface area (Å²) in [5.41, 5.74) is 3.13. The van der Waals surface area contributed by atoms with Gasteiger partial charge in [0.15, 0.2) is 23.0 Å². The van der Waals surface area contributed by atoms with Gasteiger partial charge in [0.1, 0.15) is 11.3 Å². The fraction of sp³-hybridized carbons (Fsp3) is 0.231. The molecule has 0 bridgehead atoms. The van der Waals surface area contributed by atoms with Gasteiger partial charge in [-0.15, -0.1) is 0 Å². The van der Waals surface area contributed by atoms with Gasteiger partial charge in [-0.3, -0.25) is 0 Å². The van der Waals surface area contributed by atoms with Gasteiger partial charge in [-0.25, -0.2) is 9.80 Å². The van der Waals surface area contributed by atoms with E-state index in [2.05, 4.69) is 0 Å². The standard InChI is InChI=1S/C26H22N2O7/c1-31-21-10-8-16(23(26(29)30)24(21)32-2)25-28-18(15-5-3-4-6-19(15)35-25)12-17(27-28)14-7-9-20-22(11-14)34-13-33-20/h3-11,18,25H,12-13H2,1-2H3,(H,29,30)/t18-,25-/m0/s1. The number of para-hydroxylation sites is 1. The molecule has 0 saturated carbocycles. The van der Waals surface area contributed by atoms with Crippen LogP contribution in [0.1, 0.15) is 45.7 Å². The highest BCUT2D eigenvalue weighted by Gasteiger charge is 2.43. The van der Waals surface area contributed by atoms with Crippen LogP contribution in [0.2, 0.25) is 0 Å². The van der Waals surface area contributed by atoms with Crippen LogP contribution < -0.4 is 23.7 Å². The Balaban J connectivity index is 1.48. The number of methoxy groups -OCH3 is 2. The third kappa shape index (κ3) is 3.30. The van der Waals surface area contributed by atoms with E-state index in [1.54, 1.807) is 12.1 Å². The zero-order chi connectivity index (χ0) is 24.1. The second-order valence-electron chi connectivity index (χ2n) is 8.29. The summed E-state index contributed by atoms with van der Waals surface area (Å²) in [6, 6.07) is 16.7.